The van der Waals surface area contributed by atoms with Crippen molar-refractivity contribution < 1.29 is 48.1 Å². The fraction of sp³-hybridized carbons (Fsp3) is 0.620. The molecule has 2 aromatic carbocycles. The maximum absolute atomic E-state index is 14.5. The lowest BCUT2D eigenvalue weighted by molar-refractivity contribution is -0.146. The third-order valence-electron chi connectivity index (χ3n) is 12.9. The zero-order chi connectivity index (χ0) is 50.1. The van der Waals surface area contributed by atoms with Gasteiger partial charge in [0.25, 0.3) is 0 Å². The van der Waals surface area contributed by atoms with Gasteiger partial charge in [-0.2, -0.15) is 0 Å². The molecule has 0 radical (unpaired) electrons. The number of methoxy groups -OCH3 is 1. The van der Waals surface area contributed by atoms with Crippen LogP contribution in [0.15, 0.2) is 54.6 Å². The van der Waals surface area contributed by atoms with Crippen LogP contribution in [-0.4, -0.2) is 125 Å². The number of nitrogens with zero attached hydrogens (tertiary/aromatic N) is 3. The van der Waals surface area contributed by atoms with Gasteiger partial charge in [-0.1, -0.05) is 97.4 Å². The smallest absolute Gasteiger partial charge is 0.410 e. The molecule has 1 aliphatic rings. The Morgan fingerprint density at radius 1 is 0.851 bits per heavy atom. The van der Waals surface area contributed by atoms with E-state index < -0.39 is 60.2 Å². The van der Waals surface area contributed by atoms with Crippen molar-refractivity contribution in [1.82, 2.24) is 25.3 Å². The van der Waals surface area contributed by atoms with Gasteiger partial charge in [0.1, 0.15) is 18.7 Å². The molecule has 1 saturated heterocycles. The molecule has 17 nitrogen and oxygen atoms in total. The second-order valence-electron chi connectivity index (χ2n) is 18.8. The maximum atomic E-state index is 14.5. The molecule has 0 aromatic heterocycles. The number of aliphatic hydroxyl groups excluding tert-OH is 1. The molecule has 7 amide bonds. The molecule has 1 heterocycles. The van der Waals surface area contributed by atoms with Crippen molar-refractivity contribution in [2.45, 2.75) is 149 Å². The Labute approximate surface area is 397 Å². The minimum absolute atomic E-state index is 0.000652. The van der Waals surface area contributed by atoms with Crippen LogP contribution in [-0.2, 0) is 44.8 Å². The Kier molecular flexibility index (Phi) is 22.2. The summed E-state index contributed by atoms with van der Waals surface area (Å²) in [5, 5.41) is 19.4. The molecule has 17 heteroatoms. The summed E-state index contributed by atoms with van der Waals surface area (Å²) in [7, 11) is 4.66. The highest BCUT2D eigenvalue weighted by atomic mass is 16.6. The first-order chi connectivity index (χ1) is 31.6. The highest BCUT2D eigenvalue weighted by Gasteiger charge is 2.41. The Morgan fingerprint density at radius 2 is 1.49 bits per heavy atom. The molecule has 1 fully saturated rings. The van der Waals surface area contributed by atoms with Crippen LogP contribution in [0.25, 0.3) is 0 Å². The lowest BCUT2D eigenvalue weighted by atomic mass is 9.89. The summed E-state index contributed by atoms with van der Waals surface area (Å²) in [4.78, 5) is 97.1. The Balaban J connectivity index is 1.67. The van der Waals surface area contributed by atoms with Crippen LogP contribution in [0.4, 0.5) is 10.5 Å². The van der Waals surface area contributed by atoms with E-state index in [-0.39, 0.29) is 73.3 Å². The normalized spacial score (nSPS) is 17.3. The van der Waals surface area contributed by atoms with E-state index in [9.17, 15) is 38.7 Å². The molecule has 1 aliphatic heterocycles. The monoisotopic (exact) mass is 936 g/mol. The Bertz CT molecular complexity index is 1950. The molecule has 372 valence electrons. The highest BCUT2D eigenvalue weighted by Crippen LogP contribution is 2.29. The van der Waals surface area contributed by atoms with Crippen molar-refractivity contribution in [2.24, 2.45) is 29.4 Å². The molecule has 3 rings (SSSR count). The number of hydrogen-bond acceptors (Lipinski definition) is 10. The van der Waals surface area contributed by atoms with Crippen LogP contribution < -0.4 is 21.7 Å². The molecule has 1 unspecified atom stereocenters. The topological polar surface area (TPSA) is 230 Å². The third-order valence-corrected chi connectivity index (χ3v) is 12.9. The van der Waals surface area contributed by atoms with Gasteiger partial charge >= 0.3 is 6.09 Å². The standard InChI is InChI=1S/C50H77N7O10/c1-12-32(6)45(39(66-11)28-42(60)57-26-16-19-38(57)27-33(7)47(62)52-34(8)46(61)36-17-14-13-15-18-36)55(9)49(64)43(30(2)3)54-48(63)44(31(4)5)56(10)50(65)67-29-35-20-22-37(23-21-35)53-41(59)25-24-40(51)58/h13-15,17-18,20-23,30-34,38-39,43-46,61H,12,16,19,24-29H2,1-11H3,(H2,51,58)(H,52,62)(H,53,59)(H,54,63)/t32-,33+,34+,38-,39+,43-,44?,45-,46+/m0/s1. The largest absolute Gasteiger partial charge is 0.445 e. The average Bonchev–Trinajstić information content (AvgIpc) is 3.76. The molecule has 0 aliphatic carbocycles. The molecule has 0 bridgehead atoms. The van der Waals surface area contributed by atoms with Gasteiger partial charge in [0.2, 0.25) is 35.4 Å². The Morgan fingerprint density at radius 3 is 2.06 bits per heavy atom. The van der Waals surface area contributed by atoms with Crippen molar-refractivity contribution >= 4 is 47.2 Å². The molecule has 6 N–H and O–H groups in total. The summed E-state index contributed by atoms with van der Waals surface area (Å²) in [5.74, 6) is -3.41. The maximum Gasteiger partial charge on any atom is 0.410 e. The zero-order valence-corrected chi connectivity index (χ0v) is 41.5. The minimum atomic E-state index is -0.994. The molecule has 0 saturated carbocycles. The second kappa shape index (κ2) is 26.7. The molecule has 0 spiro atoms. The van der Waals surface area contributed by atoms with Gasteiger partial charge in [0.05, 0.1) is 30.7 Å². The van der Waals surface area contributed by atoms with Gasteiger partial charge in [-0.15, -0.1) is 0 Å². The average molecular weight is 936 g/mol. The lowest BCUT2D eigenvalue weighted by Crippen LogP contribution is -2.60. The van der Waals surface area contributed by atoms with E-state index in [1.807, 2.05) is 69.9 Å². The van der Waals surface area contributed by atoms with Gasteiger partial charge in [-0.3, -0.25) is 33.7 Å². The highest BCUT2D eigenvalue weighted by molar-refractivity contribution is 5.93. The van der Waals surface area contributed by atoms with Crippen LogP contribution in [0.5, 0.6) is 0 Å². The first-order valence-electron chi connectivity index (χ1n) is 23.6. The SMILES string of the molecule is CC[C@H](C)[C@@H]([C@@H](CC(=O)N1CCC[C@H]1C[C@@H](C)C(=O)N[C@H](C)[C@@H](O)c1ccccc1)OC)N(C)C(=O)[C@@H](NC(=O)C(C(C)C)N(C)C(=O)OCc1ccc(NC(=O)CCC(N)=O)cc1)C(C)C. The van der Waals surface area contributed by atoms with Crippen LogP contribution in [0.1, 0.15) is 118 Å². The van der Waals surface area contributed by atoms with E-state index in [0.29, 0.717) is 36.2 Å². The number of primary amides is 1. The van der Waals surface area contributed by atoms with Gasteiger partial charge in [-0.25, -0.2) is 4.79 Å². The van der Waals surface area contributed by atoms with Crippen LogP contribution >= 0.6 is 0 Å². The summed E-state index contributed by atoms with van der Waals surface area (Å²) in [5.41, 5.74) is 6.95. The number of aliphatic hydroxyl groups is 1. The number of rotatable bonds is 25. The number of carbonyl (C=O) groups is 7. The number of nitrogens with two attached hydrogens (primary N) is 1. The first kappa shape index (κ1) is 55.8. The number of nitrogens with one attached hydrogen (secondary N) is 3. The zero-order valence-electron chi connectivity index (χ0n) is 41.5. The second-order valence-corrected chi connectivity index (χ2v) is 18.8. The fourth-order valence-corrected chi connectivity index (χ4v) is 8.73. The number of ether oxygens (including phenoxy) is 2. The minimum Gasteiger partial charge on any atom is -0.445 e. The van der Waals surface area contributed by atoms with Crippen molar-refractivity contribution in [1.29, 1.82) is 0 Å². The van der Waals surface area contributed by atoms with E-state index in [2.05, 4.69) is 16.0 Å². The van der Waals surface area contributed by atoms with E-state index >= 15 is 0 Å². The molecular weight excluding hydrogens is 859 g/mol. The Hall–Kier alpha value is -5.55. The number of anilines is 1. The lowest BCUT2D eigenvalue weighted by Gasteiger charge is -2.40. The van der Waals surface area contributed by atoms with E-state index in [0.717, 1.165) is 12.8 Å². The van der Waals surface area contributed by atoms with Crippen LogP contribution in [0.2, 0.25) is 0 Å². The van der Waals surface area contributed by atoms with Gasteiger partial charge in [0.15, 0.2) is 0 Å². The van der Waals surface area contributed by atoms with E-state index in [1.165, 1.54) is 19.1 Å². The summed E-state index contributed by atoms with van der Waals surface area (Å²) in [6.45, 7) is 15.3. The van der Waals surface area contributed by atoms with Gasteiger partial charge in [0, 0.05) is 58.2 Å². The third kappa shape index (κ3) is 16.3. The predicted octanol–water partition coefficient (Wildman–Crippen LogP) is 5.16. The van der Waals surface area contributed by atoms with Gasteiger partial charge < -0.3 is 46.1 Å². The van der Waals surface area contributed by atoms with Crippen LogP contribution in [0.3, 0.4) is 0 Å². The predicted molar refractivity (Wildman–Crippen MR) is 256 cm³/mol. The quantitative estimate of drug-likeness (QED) is 0.0879. The number of benzene rings is 2. The number of amides is 7. The molecule has 9 atom stereocenters. The molecular formula is C50H77N7O10. The summed E-state index contributed by atoms with van der Waals surface area (Å²) < 4.78 is 11.6. The van der Waals surface area contributed by atoms with Gasteiger partial charge in [-0.05, 0) is 67.2 Å². The van der Waals surface area contributed by atoms with Crippen molar-refractivity contribution in [3.05, 3.63) is 65.7 Å². The fourth-order valence-electron chi connectivity index (χ4n) is 8.73. The first-order valence-corrected chi connectivity index (χ1v) is 23.6. The number of hydrogen-bond donors (Lipinski definition) is 5. The number of carbonyl (C=O) groups excluding carboxylic acids is 7. The summed E-state index contributed by atoms with van der Waals surface area (Å²) >= 11 is 0. The molecule has 2 aromatic rings. The van der Waals surface area contributed by atoms with Crippen LogP contribution in [0, 0.1) is 23.7 Å². The number of likely N-dealkylation sites (tertiary alicyclic amines) is 1. The van der Waals surface area contributed by atoms with Crippen molar-refractivity contribution in [3.63, 3.8) is 0 Å². The molecule has 67 heavy (non-hydrogen) atoms. The summed E-state index contributed by atoms with van der Waals surface area (Å²) in [6.07, 6.45) is 0.248. The number of likely N-dealkylation sites (N-methyl/N-ethyl adjacent to an activating group) is 2. The van der Waals surface area contributed by atoms with Crippen molar-refractivity contribution in [3.8, 4) is 0 Å². The van der Waals surface area contributed by atoms with E-state index in [1.54, 1.807) is 57.0 Å². The van der Waals surface area contributed by atoms with E-state index in [4.69, 9.17) is 15.2 Å². The van der Waals surface area contributed by atoms with Crippen molar-refractivity contribution in [2.75, 3.05) is 33.1 Å². The summed E-state index contributed by atoms with van der Waals surface area (Å²) in [6, 6.07) is 12.6.